The molecule has 0 atom stereocenters. The molecule has 0 fully saturated rings. The van der Waals surface area contributed by atoms with Gasteiger partial charge < -0.3 is 10.5 Å². The van der Waals surface area contributed by atoms with Gasteiger partial charge in [-0.05, 0) is 28.4 Å². The van der Waals surface area contributed by atoms with Gasteiger partial charge in [-0.2, -0.15) is 5.10 Å². The van der Waals surface area contributed by atoms with E-state index in [2.05, 4.69) is 28.0 Å². The number of hydrogen-bond acceptors (Lipinski definition) is 3. The highest BCUT2D eigenvalue weighted by Crippen LogP contribution is 2.30. The van der Waals surface area contributed by atoms with E-state index in [0.29, 0.717) is 23.9 Å². The molecule has 0 aliphatic carbocycles. The zero-order chi connectivity index (χ0) is 14.7. The van der Waals surface area contributed by atoms with Gasteiger partial charge in [0.15, 0.2) is 0 Å². The van der Waals surface area contributed by atoms with Crippen molar-refractivity contribution < 1.29 is 4.74 Å². The fourth-order valence-corrected chi connectivity index (χ4v) is 2.97. The highest BCUT2D eigenvalue weighted by atomic mass is 79.9. The van der Waals surface area contributed by atoms with Crippen LogP contribution >= 0.6 is 27.5 Å². The molecular weight excluding hydrogens is 342 g/mol. The molecule has 0 spiro atoms. The van der Waals surface area contributed by atoms with Crippen LogP contribution in [0.15, 0.2) is 22.7 Å². The van der Waals surface area contributed by atoms with Crippen molar-refractivity contribution in [2.45, 2.75) is 26.5 Å². The maximum absolute atomic E-state index is 6.17. The fraction of sp³-hybridized carbons (Fsp3) is 0.357. The first-order chi connectivity index (χ1) is 9.58. The summed E-state index contributed by atoms with van der Waals surface area (Å²) in [6, 6.07) is 5.58. The van der Waals surface area contributed by atoms with Crippen molar-refractivity contribution in [3.63, 3.8) is 0 Å². The van der Waals surface area contributed by atoms with Crippen LogP contribution in [-0.2, 0) is 26.6 Å². The number of hydrogen-bond donors (Lipinski definition) is 1. The third-order valence-electron chi connectivity index (χ3n) is 3.12. The zero-order valence-electron chi connectivity index (χ0n) is 11.5. The van der Waals surface area contributed by atoms with Crippen molar-refractivity contribution in [3.05, 3.63) is 44.6 Å². The second kappa shape index (κ2) is 6.61. The van der Waals surface area contributed by atoms with Gasteiger partial charge in [-0.25, -0.2) is 0 Å². The van der Waals surface area contributed by atoms with Crippen LogP contribution < -0.4 is 10.5 Å². The molecule has 0 aliphatic heterocycles. The van der Waals surface area contributed by atoms with Gasteiger partial charge >= 0.3 is 0 Å². The van der Waals surface area contributed by atoms with E-state index in [1.54, 1.807) is 6.07 Å². The number of nitrogens with two attached hydrogens (primary N) is 1. The van der Waals surface area contributed by atoms with E-state index in [1.807, 2.05) is 23.9 Å². The Morgan fingerprint density at radius 3 is 2.80 bits per heavy atom. The Morgan fingerprint density at radius 1 is 1.45 bits per heavy atom. The molecule has 2 N–H and O–H groups in total. The van der Waals surface area contributed by atoms with Crippen LogP contribution in [0.2, 0.25) is 5.02 Å². The van der Waals surface area contributed by atoms with Crippen LogP contribution in [0.25, 0.3) is 0 Å². The maximum Gasteiger partial charge on any atom is 0.142 e. The number of aryl methyl sites for hydroxylation is 2. The number of ether oxygens (including phenoxy) is 1. The van der Waals surface area contributed by atoms with E-state index < -0.39 is 0 Å². The first-order valence-electron chi connectivity index (χ1n) is 6.39. The van der Waals surface area contributed by atoms with E-state index in [1.165, 1.54) is 0 Å². The van der Waals surface area contributed by atoms with Crippen LogP contribution in [0.3, 0.4) is 0 Å². The number of nitrogens with zero attached hydrogens (tertiary/aromatic N) is 2. The normalized spacial score (nSPS) is 10.8. The quantitative estimate of drug-likeness (QED) is 0.891. The second-order valence-corrected chi connectivity index (χ2v) is 5.61. The number of para-hydroxylation sites is 1. The Kier molecular flexibility index (Phi) is 5.07. The highest BCUT2D eigenvalue weighted by molar-refractivity contribution is 9.10. The molecule has 0 unspecified atom stereocenters. The molecule has 4 nitrogen and oxygen atoms in total. The van der Waals surface area contributed by atoms with E-state index in [4.69, 9.17) is 22.1 Å². The van der Waals surface area contributed by atoms with Gasteiger partial charge in [-0.3, -0.25) is 4.68 Å². The summed E-state index contributed by atoms with van der Waals surface area (Å²) in [4.78, 5) is 0. The smallest absolute Gasteiger partial charge is 0.142 e. The Morgan fingerprint density at radius 2 is 2.20 bits per heavy atom. The average molecular weight is 359 g/mol. The minimum absolute atomic E-state index is 0.390. The standard InChI is InChI=1S/C14H17BrClN3O/c1-3-11-13(15)12(19(2)18-11)8-20-14-9(7-17)5-4-6-10(14)16/h4-6H,3,7-8,17H2,1-2H3. The molecule has 20 heavy (non-hydrogen) atoms. The fourth-order valence-electron chi connectivity index (χ4n) is 1.99. The molecule has 0 aliphatic rings. The Bertz CT molecular complexity index is 613. The molecule has 0 amide bonds. The molecule has 6 heteroatoms. The van der Waals surface area contributed by atoms with E-state index in [9.17, 15) is 0 Å². The lowest BCUT2D eigenvalue weighted by Gasteiger charge is -2.12. The first-order valence-corrected chi connectivity index (χ1v) is 7.56. The zero-order valence-corrected chi connectivity index (χ0v) is 13.8. The van der Waals surface area contributed by atoms with Gasteiger partial charge in [0.2, 0.25) is 0 Å². The van der Waals surface area contributed by atoms with Crippen LogP contribution in [0.1, 0.15) is 23.9 Å². The molecule has 0 saturated heterocycles. The van der Waals surface area contributed by atoms with Crippen molar-refractivity contribution in [2.24, 2.45) is 12.8 Å². The maximum atomic E-state index is 6.17. The van der Waals surface area contributed by atoms with Crippen molar-refractivity contribution in [1.29, 1.82) is 0 Å². The summed E-state index contributed by atoms with van der Waals surface area (Å²) in [5.41, 5.74) is 8.60. The summed E-state index contributed by atoms with van der Waals surface area (Å²) in [5, 5.41) is 5.01. The van der Waals surface area contributed by atoms with Crippen molar-refractivity contribution >= 4 is 27.5 Å². The van der Waals surface area contributed by atoms with E-state index in [0.717, 1.165) is 27.8 Å². The van der Waals surface area contributed by atoms with E-state index >= 15 is 0 Å². The monoisotopic (exact) mass is 357 g/mol. The molecule has 1 aromatic heterocycles. The topological polar surface area (TPSA) is 53.1 Å². The molecule has 2 aromatic rings. The van der Waals surface area contributed by atoms with Crippen molar-refractivity contribution in [2.75, 3.05) is 0 Å². The minimum atomic E-state index is 0.390. The van der Waals surface area contributed by atoms with Gasteiger partial charge in [0.1, 0.15) is 12.4 Å². The summed E-state index contributed by atoms with van der Waals surface area (Å²) in [7, 11) is 1.90. The van der Waals surface area contributed by atoms with Gasteiger partial charge in [-0.1, -0.05) is 30.7 Å². The summed E-state index contributed by atoms with van der Waals surface area (Å²) in [5.74, 6) is 0.641. The summed E-state index contributed by atoms with van der Waals surface area (Å²) in [6.07, 6.45) is 0.870. The van der Waals surface area contributed by atoms with Crippen LogP contribution in [-0.4, -0.2) is 9.78 Å². The predicted octanol–water partition coefficient (Wildman–Crippen LogP) is 3.44. The lowest BCUT2D eigenvalue weighted by atomic mass is 10.2. The van der Waals surface area contributed by atoms with Gasteiger partial charge in [0.25, 0.3) is 0 Å². The summed E-state index contributed by atoms with van der Waals surface area (Å²) < 4.78 is 8.67. The van der Waals surface area contributed by atoms with Crippen LogP contribution in [0.5, 0.6) is 5.75 Å². The Hall–Kier alpha value is -1.04. The lowest BCUT2D eigenvalue weighted by molar-refractivity contribution is 0.291. The Labute approximate surface area is 132 Å². The van der Waals surface area contributed by atoms with Crippen LogP contribution in [0, 0.1) is 0 Å². The predicted molar refractivity (Wildman–Crippen MR) is 84.0 cm³/mol. The molecule has 0 bridgehead atoms. The third-order valence-corrected chi connectivity index (χ3v) is 4.34. The van der Waals surface area contributed by atoms with Gasteiger partial charge in [0, 0.05) is 19.2 Å². The number of rotatable bonds is 5. The molecule has 2 rings (SSSR count). The summed E-state index contributed by atoms with van der Waals surface area (Å²) in [6.45, 7) is 2.85. The molecular formula is C14H17BrClN3O. The number of aromatic nitrogens is 2. The molecule has 0 saturated carbocycles. The summed E-state index contributed by atoms with van der Waals surface area (Å²) >= 11 is 9.74. The Balaban J connectivity index is 2.23. The van der Waals surface area contributed by atoms with Crippen molar-refractivity contribution in [1.82, 2.24) is 9.78 Å². The van der Waals surface area contributed by atoms with Crippen molar-refractivity contribution in [3.8, 4) is 5.75 Å². The van der Waals surface area contributed by atoms with E-state index in [-0.39, 0.29) is 0 Å². The van der Waals surface area contributed by atoms with Gasteiger partial charge in [-0.15, -0.1) is 0 Å². The van der Waals surface area contributed by atoms with Crippen LogP contribution in [0.4, 0.5) is 0 Å². The third kappa shape index (κ3) is 3.00. The number of benzene rings is 1. The highest BCUT2D eigenvalue weighted by Gasteiger charge is 2.14. The largest absolute Gasteiger partial charge is 0.485 e. The minimum Gasteiger partial charge on any atom is -0.485 e. The average Bonchev–Trinajstić information content (AvgIpc) is 2.72. The molecule has 0 radical (unpaired) electrons. The number of halogens is 2. The SMILES string of the molecule is CCc1nn(C)c(COc2c(Cl)cccc2CN)c1Br. The second-order valence-electron chi connectivity index (χ2n) is 4.41. The first kappa shape index (κ1) is 15.4. The molecule has 1 heterocycles. The molecule has 1 aromatic carbocycles. The van der Waals surface area contributed by atoms with Gasteiger partial charge in [0.05, 0.1) is 20.9 Å². The molecule has 108 valence electrons. The lowest BCUT2D eigenvalue weighted by Crippen LogP contribution is -2.07.